The number of halogens is 3. The second kappa shape index (κ2) is 5.88. The van der Waals surface area contributed by atoms with Gasteiger partial charge in [0.15, 0.2) is 6.10 Å². The van der Waals surface area contributed by atoms with Crippen LogP contribution in [-0.4, -0.2) is 53.5 Å². The number of aliphatic hydroxyl groups excluding tert-OH is 1. The first-order chi connectivity index (χ1) is 7.84. The molecule has 0 spiro atoms. The number of hydrogen-bond donors (Lipinski definition) is 1. The fourth-order valence-electron chi connectivity index (χ4n) is 1.10. The molecule has 0 aliphatic rings. The van der Waals surface area contributed by atoms with E-state index in [1.54, 1.807) is 20.8 Å². The number of esters is 1. The van der Waals surface area contributed by atoms with E-state index in [1.165, 1.54) is 14.0 Å². The molecule has 2 unspecified atom stereocenters. The van der Waals surface area contributed by atoms with Crippen LogP contribution in [0, 0.1) is 0 Å². The van der Waals surface area contributed by atoms with Crippen LogP contribution < -0.4 is 0 Å². The quantitative estimate of drug-likeness (QED) is 0.789. The summed E-state index contributed by atoms with van der Waals surface area (Å²) in [6.07, 6.45) is -7.17. The van der Waals surface area contributed by atoms with Crippen molar-refractivity contribution in [1.29, 1.82) is 0 Å². The summed E-state index contributed by atoms with van der Waals surface area (Å²) < 4.78 is 41.5. The molecule has 7 heteroatoms. The number of alkyl halides is 3. The lowest BCUT2D eigenvalue weighted by molar-refractivity contribution is -0.209. The molecular formula is C11H20F3NO3. The Morgan fingerprint density at radius 3 is 2.11 bits per heavy atom. The SMILES string of the molecule is CC(C(=O)OC(C)(C)C)N(C)CC(O)C(F)(F)F. The molecule has 0 fully saturated rings. The number of likely N-dealkylation sites (N-methyl/N-ethyl adjacent to an activating group) is 1. The first kappa shape index (κ1) is 17.2. The molecule has 0 amide bonds. The number of aliphatic hydroxyl groups is 1. The van der Waals surface area contributed by atoms with Crippen LogP contribution in [0.15, 0.2) is 0 Å². The summed E-state index contributed by atoms with van der Waals surface area (Å²) in [5, 5.41) is 8.90. The van der Waals surface area contributed by atoms with Gasteiger partial charge in [0.25, 0.3) is 0 Å². The maximum absolute atomic E-state index is 12.2. The van der Waals surface area contributed by atoms with E-state index in [9.17, 15) is 18.0 Å². The average Bonchev–Trinajstić information content (AvgIpc) is 2.11. The van der Waals surface area contributed by atoms with Crippen LogP contribution in [0.4, 0.5) is 13.2 Å². The first-order valence-corrected chi connectivity index (χ1v) is 5.52. The van der Waals surface area contributed by atoms with E-state index < -0.39 is 36.4 Å². The lowest BCUT2D eigenvalue weighted by atomic mass is 10.2. The number of ether oxygens (including phenoxy) is 1. The van der Waals surface area contributed by atoms with Gasteiger partial charge in [0.05, 0.1) is 0 Å². The van der Waals surface area contributed by atoms with Gasteiger partial charge in [0, 0.05) is 6.54 Å². The number of carbonyl (C=O) groups excluding carboxylic acids is 1. The monoisotopic (exact) mass is 271 g/mol. The fraction of sp³-hybridized carbons (Fsp3) is 0.909. The largest absolute Gasteiger partial charge is 0.459 e. The normalized spacial score (nSPS) is 16.6. The van der Waals surface area contributed by atoms with Crippen molar-refractivity contribution in [3.63, 3.8) is 0 Å². The van der Waals surface area contributed by atoms with Gasteiger partial charge in [-0.25, -0.2) is 0 Å². The fourth-order valence-corrected chi connectivity index (χ4v) is 1.10. The van der Waals surface area contributed by atoms with Crippen LogP contribution in [0.5, 0.6) is 0 Å². The molecule has 0 radical (unpaired) electrons. The van der Waals surface area contributed by atoms with Crippen LogP contribution in [0.25, 0.3) is 0 Å². The number of hydrogen-bond acceptors (Lipinski definition) is 4. The predicted molar refractivity (Wildman–Crippen MR) is 60.0 cm³/mol. The number of rotatable bonds is 4. The van der Waals surface area contributed by atoms with Crippen LogP contribution in [0.2, 0.25) is 0 Å². The highest BCUT2D eigenvalue weighted by Crippen LogP contribution is 2.21. The second-order valence-electron chi connectivity index (χ2n) is 5.21. The average molecular weight is 271 g/mol. The van der Waals surface area contributed by atoms with E-state index in [2.05, 4.69) is 0 Å². The van der Waals surface area contributed by atoms with Crippen molar-refractivity contribution >= 4 is 5.97 Å². The molecule has 0 aliphatic heterocycles. The van der Waals surface area contributed by atoms with Gasteiger partial charge in [0.2, 0.25) is 0 Å². The molecule has 108 valence electrons. The Morgan fingerprint density at radius 1 is 1.33 bits per heavy atom. The minimum absolute atomic E-state index is 0.626. The van der Waals surface area contributed by atoms with Crippen molar-refractivity contribution in [2.75, 3.05) is 13.6 Å². The van der Waals surface area contributed by atoms with Crippen LogP contribution in [-0.2, 0) is 9.53 Å². The summed E-state index contributed by atoms with van der Waals surface area (Å²) in [5.41, 5.74) is -0.700. The van der Waals surface area contributed by atoms with E-state index in [-0.39, 0.29) is 0 Å². The first-order valence-electron chi connectivity index (χ1n) is 5.52. The van der Waals surface area contributed by atoms with Crippen molar-refractivity contribution in [2.24, 2.45) is 0 Å². The molecule has 18 heavy (non-hydrogen) atoms. The molecule has 0 heterocycles. The summed E-state index contributed by atoms with van der Waals surface area (Å²) in [6, 6.07) is -0.860. The van der Waals surface area contributed by atoms with Crippen LogP contribution in [0.3, 0.4) is 0 Å². The molecule has 0 bridgehead atoms. The Kier molecular flexibility index (Phi) is 5.61. The summed E-state index contributed by atoms with van der Waals surface area (Å²) in [4.78, 5) is 12.7. The second-order valence-corrected chi connectivity index (χ2v) is 5.21. The van der Waals surface area contributed by atoms with E-state index >= 15 is 0 Å². The Morgan fingerprint density at radius 2 is 1.78 bits per heavy atom. The molecule has 0 aromatic heterocycles. The molecular weight excluding hydrogens is 251 g/mol. The minimum Gasteiger partial charge on any atom is -0.459 e. The minimum atomic E-state index is -4.69. The molecule has 4 nitrogen and oxygen atoms in total. The van der Waals surface area contributed by atoms with Gasteiger partial charge in [0.1, 0.15) is 11.6 Å². The summed E-state index contributed by atoms with van der Waals surface area (Å²) in [6.45, 7) is 5.76. The van der Waals surface area contributed by atoms with Crippen molar-refractivity contribution in [2.45, 2.75) is 51.6 Å². The molecule has 0 aromatic rings. The van der Waals surface area contributed by atoms with E-state index in [4.69, 9.17) is 9.84 Å². The Balaban J connectivity index is 4.43. The Labute approximate surface area is 105 Å². The zero-order valence-corrected chi connectivity index (χ0v) is 11.2. The van der Waals surface area contributed by atoms with Gasteiger partial charge in [-0.1, -0.05) is 0 Å². The molecule has 0 aliphatic carbocycles. The van der Waals surface area contributed by atoms with Crippen molar-refractivity contribution < 1.29 is 27.8 Å². The van der Waals surface area contributed by atoms with Gasteiger partial charge in [-0.05, 0) is 34.7 Å². The standard InChI is InChI=1S/C11H20F3NO3/c1-7(9(17)18-10(2,3)4)15(5)6-8(16)11(12,13)14/h7-8,16H,6H2,1-5H3. The Bertz CT molecular complexity index is 286. The smallest absolute Gasteiger partial charge is 0.415 e. The van der Waals surface area contributed by atoms with Gasteiger partial charge >= 0.3 is 12.1 Å². The molecule has 1 N–H and O–H groups in total. The third-order valence-electron chi connectivity index (χ3n) is 2.25. The Hall–Kier alpha value is -0.820. The van der Waals surface area contributed by atoms with Crippen molar-refractivity contribution in [3.8, 4) is 0 Å². The molecule has 0 rings (SSSR count). The van der Waals surface area contributed by atoms with Crippen molar-refractivity contribution in [1.82, 2.24) is 4.90 Å². The molecule has 2 atom stereocenters. The lowest BCUT2D eigenvalue weighted by Gasteiger charge is -2.29. The van der Waals surface area contributed by atoms with E-state index in [0.717, 1.165) is 4.90 Å². The lowest BCUT2D eigenvalue weighted by Crippen LogP contribution is -2.46. The molecule has 0 saturated heterocycles. The topological polar surface area (TPSA) is 49.8 Å². The van der Waals surface area contributed by atoms with E-state index in [1.807, 2.05) is 0 Å². The highest BCUT2D eigenvalue weighted by atomic mass is 19.4. The zero-order valence-electron chi connectivity index (χ0n) is 11.2. The van der Waals surface area contributed by atoms with Crippen LogP contribution in [0.1, 0.15) is 27.7 Å². The third kappa shape index (κ3) is 6.20. The summed E-state index contributed by atoms with van der Waals surface area (Å²) in [7, 11) is 1.32. The highest BCUT2D eigenvalue weighted by molar-refractivity contribution is 5.75. The molecule has 0 aromatic carbocycles. The maximum atomic E-state index is 12.2. The number of carbonyl (C=O) groups is 1. The van der Waals surface area contributed by atoms with Gasteiger partial charge in [-0.2, -0.15) is 13.2 Å². The third-order valence-corrected chi connectivity index (χ3v) is 2.25. The van der Waals surface area contributed by atoms with Crippen molar-refractivity contribution in [3.05, 3.63) is 0 Å². The summed E-state index contributed by atoms with van der Waals surface area (Å²) >= 11 is 0. The maximum Gasteiger partial charge on any atom is 0.415 e. The van der Waals surface area contributed by atoms with Gasteiger partial charge in [-0.15, -0.1) is 0 Å². The van der Waals surface area contributed by atoms with Gasteiger partial charge in [-0.3, -0.25) is 9.69 Å². The zero-order chi connectivity index (χ0) is 14.7. The van der Waals surface area contributed by atoms with E-state index in [0.29, 0.717) is 0 Å². The predicted octanol–water partition coefficient (Wildman–Crippen LogP) is 1.57. The molecule has 0 saturated carbocycles. The summed E-state index contributed by atoms with van der Waals surface area (Å²) in [5.74, 6) is -0.626. The number of nitrogens with zero attached hydrogens (tertiary/aromatic N) is 1. The van der Waals surface area contributed by atoms with Gasteiger partial charge < -0.3 is 9.84 Å². The van der Waals surface area contributed by atoms with Crippen LogP contribution >= 0.6 is 0 Å². The highest BCUT2D eigenvalue weighted by Gasteiger charge is 2.40.